The molecule has 1 fully saturated rings. The lowest BCUT2D eigenvalue weighted by Gasteiger charge is -2.07. The Bertz CT molecular complexity index is 756. The third-order valence-corrected chi connectivity index (χ3v) is 3.75. The van der Waals surface area contributed by atoms with Gasteiger partial charge in [-0.05, 0) is 55.2 Å². The van der Waals surface area contributed by atoms with Crippen LogP contribution in [0.5, 0.6) is 5.75 Å². The smallest absolute Gasteiger partial charge is 0.311 e. The first kappa shape index (κ1) is 16.2. The molecule has 1 amide bonds. The van der Waals surface area contributed by atoms with Gasteiger partial charge in [-0.15, -0.1) is 0 Å². The summed E-state index contributed by atoms with van der Waals surface area (Å²) in [5.74, 6) is -0.563. The number of esters is 1. The molecule has 1 aliphatic carbocycles. The maximum atomic E-state index is 13.1. The Balaban J connectivity index is 1.54. The topological polar surface area (TPSA) is 55.4 Å². The van der Waals surface area contributed by atoms with E-state index in [1.807, 2.05) is 0 Å². The summed E-state index contributed by atoms with van der Waals surface area (Å²) in [5.41, 5.74) is 1.21. The van der Waals surface area contributed by atoms with Crippen LogP contribution in [0.4, 0.5) is 4.39 Å². The van der Waals surface area contributed by atoms with E-state index in [9.17, 15) is 14.0 Å². The molecular weight excluding hydrogens is 309 g/mol. The average Bonchev–Trinajstić information content (AvgIpc) is 3.37. The van der Waals surface area contributed by atoms with Crippen LogP contribution < -0.4 is 10.1 Å². The zero-order chi connectivity index (χ0) is 16.9. The van der Waals surface area contributed by atoms with E-state index in [1.165, 1.54) is 12.1 Å². The summed E-state index contributed by atoms with van der Waals surface area (Å²) in [5, 5.41) is 2.89. The molecule has 24 heavy (non-hydrogen) atoms. The van der Waals surface area contributed by atoms with Crippen molar-refractivity contribution in [2.45, 2.75) is 31.7 Å². The van der Waals surface area contributed by atoms with Crippen LogP contribution in [0.1, 0.15) is 35.2 Å². The Kier molecular flexibility index (Phi) is 4.89. The number of ether oxygens (including phenoxy) is 1. The highest BCUT2D eigenvalue weighted by molar-refractivity contribution is 5.95. The maximum absolute atomic E-state index is 13.1. The van der Waals surface area contributed by atoms with Crippen LogP contribution in [0.2, 0.25) is 0 Å². The monoisotopic (exact) mass is 327 g/mol. The third kappa shape index (κ3) is 4.65. The van der Waals surface area contributed by atoms with Crippen LogP contribution in [0.15, 0.2) is 48.5 Å². The highest BCUT2D eigenvalue weighted by atomic mass is 19.1. The number of halogens is 1. The van der Waals surface area contributed by atoms with Gasteiger partial charge in [0, 0.05) is 18.0 Å². The molecule has 3 rings (SSSR count). The number of amides is 1. The van der Waals surface area contributed by atoms with Gasteiger partial charge in [-0.3, -0.25) is 9.59 Å². The molecule has 2 aromatic rings. The van der Waals surface area contributed by atoms with Crippen molar-refractivity contribution in [3.8, 4) is 5.75 Å². The van der Waals surface area contributed by atoms with Crippen LogP contribution in [0.3, 0.4) is 0 Å². The van der Waals surface area contributed by atoms with E-state index in [1.54, 1.807) is 36.4 Å². The molecule has 0 aromatic heterocycles. The van der Waals surface area contributed by atoms with Gasteiger partial charge in [0.25, 0.3) is 5.91 Å². The normalized spacial score (nSPS) is 13.4. The summed E-state index contributed by atoms with van der Waals surface area (Å²) in [6.07, 6.45) is 2.57. The molecule has 124 valence electrons. The summed E-state index contributed by atoms with van der Waals surface area (Å²) in [6, 6.07) is 13.0. The van der Waals surface area contributed by atoms with Crippen LogP contribution in [-0.4, -0.2) is 17.9 Å². The lowest BCUT2D eigenvalue weighted by molar-refractivity contribution is -0.134. The SMILES string of the molecule is O=C(CCc1cccc(F)c1)Oc1cccc(C(=O)NC2CC2)c1. The average molecular weight is 327 g/mol. The van der Waals surface area contributed by atoms with E-state index in [0.29, 0.717) is 17.7 Å². The van der Waals surface area contributed by atoms with Gasteiger partial charge in [-0.25, -0.2) is 4.39 Å². The second-order valence-electron chi connectivity index (χ2n) is 5.88. The number of aryl methyl sites for hydroxylation is 1. The first-order chi connectivity index (χ1) is 11.6. The van der Waals surface area contributed by atoms with E-state index >= 15 is 0 Å². The Morgan fingerprint density at radius 2 is 1.92 bits per heavy atom. The van der Waals surface area contributed by atoms with Gasteiger partial charge < -0.3 is 10.1 Å². The molecule has 0 heterocycles. The highest BCUT2D eigenvalue weighted by Gasteiger charge is 2.23. The quantitative estimate of drug-likeness (QED) is 0.654. The van der Waals surface area contributed by atoms with E-state index in [2.05, 4.69) is 5.32 Å². The van der Waals surface area contributed by atoms with Crippen molar-refractivity contribution in [2.24, 2.45) is 0 Å². The molecule has 2 aromatic carbocycles. The molecule has 0 atom stereocenters. The van der Waals surface area contributed by atoms with Crippen molar-refractivity contribution in [1.82, 2.24) is 5.32 Å². The predicted octanol–water partition coefficient (Wildman–Crippen LogP) is 3.26. The van der Waals surface area contributed by atoms with Crippen molar-refractivity contribution in [3.63, 3.8) is 0 Å². The standard InChI is InChI=1S/C19H18FNO3/c20-15-5-1-3-13(11-15)7-10-18(22)24-17-6-2-4-14(12-17)19(23)21-16-8-9-16/h1-6,11-12,16H,7-10H2,(H,21,23). The molecule has 1 saturated carbocycles. The molecule has 0 spiro atoms. The Labute approximate surface area is 139 Å². The van der Waals surface area contributed by atoms with Crippen molar-refractivity contribution in [3.05, 3.63) is 65.5 Å². The lowest BCUT2D eigenvalue weighted by Crippen LogP contribution is -2.25. The molecule has 0 aliphatic heterocycles. The summed E-state index contributed by atoms with van der Waals surface area (Å²) < 4.78 is 18.4. The second kappa shape index (κ2) is 7.25. The van der Waals surface area contributed by atoms with Crippen molar-refractivity contribution >= 4 is 11.9 Å². The lowest BCUT2D eigenvalue weighted by atomic mass is 10.1. The number of benzene rings is 2. The fourth-order valence-electron chi connectivity index (χ4n) is 2.32. The zero-order valence-corrected chi connectivity index (χ0v) is 13.1. The van der Waals surface area contributed by atoms with Crippen molar-refractivity contribution < 1.29 is 18.7 Å². The number of nitrogens with one attached hydrogen (secondary N) is 1. The van der Waals surface area contributed by atoms with Gasteiger partial charge in [0.05, 0.1) is 0 Å². The van der Waals surface area contributed by atoms with Gasteiger partial charge in [0.2, 0.25) is 0 Å². The largest absolute Gasteiger partial charge is 0.426 e. The third-order valence-electron chi connectivity index (χ3n) is 3.75. The zero-order valence-electron chi connectivity index (χ0n) is 13.1. The fraction of sp³-hybridized carbons (Fsp3) is 0.263. The van der Waals surface area contributed by atoms with Crippen LogP contribution >= 0.6 is 0 Å². The summed E-state index contributed by atoms with van der Waals surface area (Å²) >= 11 is 0. The van der Waals surface area contributed by atoms with E-state index < -0.39 is 5.97 Å². The predicted molar refractivity (Wildman–Crippen MR) is 87.3 cm³/mol. The van der Waals surface area contributed by atoms with Crippen LogP contribution in [0, 0.1) is 5.82 Å². The van der Waals surface area contributed by atoms with Crippen molar-refractivity contribution in [2.75, 3.05) is 0 Å². The maximum Gasteiger partial charge on any atom is 0.311 e. The molecule has 1 aliphatic rings. The Morgan fingerprint density at radius 1 is 1.12 bits per heavy atom. The summed E-state index contributed by atoms with van der Waals surface area (Å²) in [6.45, 7) is 0. The molecule has 0 saturated heterocycles. The Morgan fingerprint density at radius 3 is 2.67 bits per heavy atom. The van der Waals surface area contributed by atoms with E-state index in [-0.39, 0.29) is 24.2 Å². The highest BCUT2D eigenvalue weighted by Crippen LogP contribution is 2.20. The minimum absolute atomic E-state index is 0.141. The number of carbonyl (C=O) groups is 2. The molecule has 1 N–H and O–H groups in total. The van der Waals surface area contributed by atoms with E-state index in [0.717, 1.165) is 18.4 Å². The number of hydrogen-bond donors (Lipinski definition) is 1. The molecule has 4 nitrogen and oxygen atoms in total. The van der Waals surface area contributed by atoms with Crippen LogP contribution in [-0.2, 0) is 11.2 Å². The first-order valence-corrected chi connectivity index (χ1v) is 7.96. The molecule has 0 bridgehead atoms. The summed E-state index contributed by atoms with van der Waals surface area (Å²) in [7, 11) is 0. The summed E-state index contributed by atoms with van der Waals surface area (Å²) in [4.78, 5) is 23.9. The first-order valence-electron chi connectivity index (χ1n) is 7.96. The fourth-order valence-corrected chi connectivity index (χ4v) is 2.32. The van der Waals surface area contributed by atoms with Crippen LogP contribution in [0.25, 0.3) is 0 Å². The van der Waals surface area contributed by atoms with Gasteiger partial charge in [0.15, 0.2) is 0 Å². The van der Waals surface area contributed by atoms with Crippen molar-refractivity contribution in [1.29, 1.82) is 0 Å². The van der Waals surface area contributed by atoms with Gasteiger partial charge in [-0.1, -0.05) is 18.2 Å². The number of carbonyl (C=O) groups excluding carboxylic acids is 2. The number of rotatable bonds is 6. The minimum atomic E-state index is -0.418. The van der Waals surface area contributed by atoms with E-state index in [4.69, 9.17) is 4.74 Å². The second-order valence-corrected chi connectivity index (χ2v) is 5.88. The molecule has 0 radical (unpaired) electrons. The van der Waals surface area contributed by atoms with Gasteiger partial charge in [-0.2, -0.15) is 0 Å². The van der Waals surface area contributed by atoms with Gasteiger partial charge in [0.1, 0.15) is 11.6 Å². The van der Waals surface area contributed by atoms with Gasteiger partial charge >= 0.3 is 5.97 Å². The number of hydrogen-bond acceptors (Lipinski definition) is 3. The molecule has 5 heteroatoms. The Hall–Kier alpha value is -2.69. The molecular formula is C19H18FNO3. The minimum Gasteiger partial charge on any atom is -0.426 e. The molecule has 0 unspecified atom stereocenters.